The fraction of sp³-hybridized carbons (Fsp3) is 0.455. The second kappa shape index (κ2) is 5.25. The monoisotopic (exact) mass is 197 g/mol. The molecular formula is C11H16ClN. The maximum atomic E-state index is 5.78. The minimum atomic E-state index is 0.312. The second-order valence-corrected chi connectivity index (χ2v) is 3.93. The number of hydrogen-bond acceptors (Lipinski definition) is 1. The van der Waals surface area contributed by atoms with E-state index in [1.54, 1.807) is 0 Å². The van der Waals surface area contributed by atoms with Crippen molar-refractivity contribution in [1.82, 2.24) is 0 Å². The summed E-state index contributed by atoms with van der Waals surface area (Å²) in [4.78, 5) is 0. The van der Waals surface area contributed by atoms with E-state index in [0.29, 0.717) is 6.04 Å². The van der Waals surface area contributed by atoms with E-state index < -0.39 is 0 Å². The van der Waals surface area contributed by atoms with Crippen LogP contribution in [0.5, 0.6) is 0 Å². The molecule has 0 aliphatic rings. The lowest BCUT2D eigenvalue weighted by molar-refractivity contribution is 0.624. The van der Waals surface area contributed by atoms with Gasteiger partial charge in [0, 0.05) is 11.1 Å². The molecule has 1 rings (SSSR count). The van der Waals surface area contributed by atoms with Gasteiger partial charge in [-0.1, -0.05) is 23.7 Å². The van der Waals surface area contributed by atoms with Gasteiger partial charge >= 0.3 is 0 Å². The molecule has 0 saturated carbocycles. The SMILES string of the molecule is CC(N)CCCc1ccc(Cl)cc1. The van der Waals surface area contributed by atoms with Gasteiger partial charge in [-0.2, -0.15) is 0 Å². The first-order chi connectivity index (χ1) is 6.18. The summed E-state index contributed by atoms with van der Waals surface area (Å²) in [6.45, 7) is 2.04. The van der Waals surface area contributed by atoms with Crippen LogP contribution in [-0.4, -0.2) is 6.04 Å². The highest BCUT2D eigenvalue weighted by atomic mass is 35.5. The summed E-state index contributed by atoms with van der Waals surface area (Å²) in [5, 5.41) is 0.802. The van der Waals surface area contributed by atoms with E-state index in [1.165, 1.54) is 5.56 Å². The lowest BCUT2D eigenvalue weighted by atomic mass is 10.1. The predicted octanol–water partition coefficient (Wildman–Crippen LogP) is 3.01. The molecular weight excluding hydrogens is 182 g/mol. The molecule has 0 spiro atoms. The summed E-state index contributed by atoms with van der Waals surface area (Å²) in [6, 6.07) is 8.32. The molecule has 1 aromatic carbocycles. The Morgan fingerprint density at radius 3 is 2.46 bits per heavy atom. The Hall–Kier alpha value is -0.530. The topological polar surface area (TPSA) is 26.0 Å². The highest BCUT2D eigenvalue weighted by Crippen LogP contribution is 2.11. The third-order valence-corrected chi connectivity index (χ3v) is 2.29. The molecule has 0 saturated heterocycles. The number of benzene rings is 1. The summed E-state index contributed by atoms with van der Waals surface area (Å²) in [6.07, 6.45) is 3.33. The van der Waals surface area contributed by atoms with Crippen LogP contribution in [0.1, 0.15) is 25.3 Å². The van der Waals surface area contributed by atoms with Crippen molar-refractivity contribution < 1.29 is 0 Å². The van der Waals surface area contributed by atoms with Crippen molar-refractivity contribution in [1.29, 1.82) is 0 Å². The molecule has 1 unspecified atom stereocenters. The maximum absolute atomic E-state index is 5.78. The molecule has 0 radical (unpaired) electrons. The maximum Gasteiger partial charge on any atom is 0.0406 e. The van der Waals surface area contributed by atoms with Gasteiger partial charge in [0.15, 0.2) is 0 Å². The normalized spacial score (nSPS) is 12.8. The molecule has 0 aliphatic heterocycles. The molecule has 0 heterocycles. The lowest BCUT2D eigenvalue weighted by Crippen LogP contribution is -2.14. The van der Waals surface area contributed by atoms with E-state index in [-0.39, 0.29) is 0 Å². The van der Waals surface area contributed by atoms with E-state index in [0.717, 1.165) is 24.3 Å². The molecule has 0 bridgehead atoms. The van der Waals surface area contributed by atoms with Gasteiger partial charge in [0.1, 0.15) is 0 Å². The molecule has 0 amide bonds. The van der Waals surface area contributed by atoms with Gasteiger partial charge in [0.05, 0.1) is 0 Å². The highest BCUT2D eigenvalue weighted by Gasteiger charge is 1.96. The summed E-state index contributed by atoms with van der Waals surface area (Å²) in [5.74, 6) is 0. The average molecular weight is 198 g/mol. The molecule has 72 valence electrons. The fourth-order valence-electron chi connectivity index (χ4n) is 1.28. The van der Waals surface area contributed by atoms with Crippen LogP contribution >= 0.6 is 11.6 Å². The molecule has 0 fully saturated rings. The minimum absolute atomic E-state index is 0.312. The van der Waals surface area contributed by atoms with Crippen LogP contribution in [0.15, 0.2) is 24.3 Å². The first-order valence-electron chi connectivity index (χ1n) is 4.68. The van der Waals surface area contributed by atoms with Crippen LogP contribution in [0, 0.1) is 0 Å². The molecule has 13 heavy (non-hydrogen) atoms. The predicted molar refractivity (Wildman–Crippen MR) is 58.0 cm³/mol. The van der Waals surface area contributed by atoms with Crippen LogP contribution in [0.25, 0.3) is 0 Å². The van der Waals surface area contributed by atoms with Gasteiger partial charge in [-0.15, -0.1) is 0 Å². The van der Waals surface area contributed by atoms with Gasteiger partial charge in [0.2, 0.25) is 0 Å². The fourth-order valence-corrected chi connectivity index (χ4v) is 1.41. The van der Waals surface area contributed by atoms with Crippen LogP contribution in [-0.2, 0) is 6.42 Å². The van der Waals surface area contributed by atoms with Crippen LogP contribution in [0.3, 0.4) is 0 Å². The van der Waals surface area contributed by atoms with Gasteiger partial charge in [-0.3, -0.25) is 0 Å². The van der Waals surface area contributed by atoms with Crippen molar-refractivity contribution in [3.63, 3.8) is 0 Å². The zero-order chi connectivity index (χ0) is 9.68. The zero-order valence-corrected chi connectivity index (χ0v) is 8.72. The average Bonchev–Trinajstić information content (AvgIpc) is 2.08. The summed E-state index contributed by atoms with van der Waals surface area (Å²) in [5.41, 5.74) is 7.00. The van der Waals surface area contributed by atoms with Gasteiger partial charge in [-0.05, 0) is 43.9 Å². The second-order valence-electron chi connectivity index (χ2n) is 3.50. The molecule has 0 aromatic heterocycles. The van der Waals surface area contributed by atoms with Gasteiger partial charge < -0.3 is 5.73 Å². The van der Waals surface area contributed by atoms with E-state index in [1.807, 2.05) is 19.1 Å². The summed E-state index contributed by atoms with van der Waals surface area (Å²) in [7, 11) is 0. The first kappa shape index (κ1) is 10.6. The summed E-state index contributed by atoms with van der Waals surface area (Å²) >= 11 is 5.78. The Bertz CT molecular complexity index is 241. The largest absolute Gasteiger partial charge is 0.328 e. The van der Waals surface area contributed by atoms with Crippen molar-refractivity contribution >= 4 is 11.6 Å². The first-order valence-corrected chi connectivity index (χ1v) is 5.06. The van der Waals surface area contributed by atoms with E-state index in [2.05, 4.69) is 12.1 Å². The number of hydrogen-bond donors (Lipinski definition) is 1. The van der Waals surface area contributed by atoms with Gasteiger partial charge in [-0.25, -0.2) is 0 Å². The summed E-state index contributed by atoms with van der Waals surface area (Å²) < 4.78 is 0. The van der Waals surface area contributed by atoms with Crippen molar-refractivity contribution in [2.45, 2.75) is 32.2 Å². The smallest absolute Gasteiger partial charge is 0.0406 e. The molecule has 1 atom stereocenters. The van der Waals surface area contributed by atoms with Crippen LogP contribution in [0.2, 0.25) is 5.02 Å². The third kappa shape index (κ3) is 4.30. The lowest BCUT2D eigenvalue weighted by Gasteiger charge is -2.04. The van der Waals surface area contributed by atoms with Crippen LogP contribution in [0.4, 0.5) is 0 Å². The Morgan fingerprint density at radius 1 is 1.31 bits per heavy atom. The van der Waals surface area contributed by atoms with Crippen molar-refractivity contribution in [3.8, 4) is 0 Å². The molecule has 0 aliphatic carbocycles. The molecule has 1 aromatic rings. The Labute approximate surface area is 84.9 Å². The van der Waals surface area contributed by atoms with E-state index >= 15 is 0 Å². The van der Waals surface area contributed by atoms with Crippen molar-refractivity contribution in [3.05, 3.63) is 34.9 Å². The van der Waals surface area contributed by atoms with E-state index in [4.69, 9.17) is 17.3 Å². The molecule has 2 heteroatoms. The quantitative estimate of drug-likeness (QED) is 0.789. The zero-order valence-electron chi connectivity index (χ0n) is 7.96. The van der Waals surface area contributed by atoms with Crippen molar-refractivity contribution in [2.75, 3.05) is 0 Å². The highest BCUT2D eigenvalue weighted by molar-refractivity contribution is 6.30. The van der Waals surface area contributed by atoms with Gasteiger partial charge in [0.25, 0.3) is 0 Å². The Kier molecular flexibility index (Phi) is 4.26. The standard InChI is InChI=1S/C11H16ClN/c1-9(13)3-2-4-10-5-7-11(12)8-6-10/h5-9H,2-4,13H2,1H3. The number of nitrogens with two attached hydrogens (primary N) is 1. The molecule has 2 N–H and O–H groups in total. The Morgan fingerprint density at radius 2 is 1.92 bits per heavy atom. The number of rotatable bonds is 4. The number of halogens is 1. The Balaban J connectivity index is 2.33. The van der Waals surface area contributed by atoms with Crippen molar-refractivity contribution in [2.24, 2.45) is 5.73 Å². The minimum Gasteiger partial charge on any atom is -0.328 e. The van der Waals surface area contributed by atoms with E-state index in [9.17, 15) is 0 Å². The van der Waals surface area contributed by atoms with Crippen LogP contribution < -0.4 is 5.73 Å². The number of aryl methyl sites for hydroxylation is 1. The third-order valence-electron chi connectivity index (χ3n) is 2.04. The molecule has 1 nitrogen and oxygen atoms in total.